The van der Waals surface area contributed by atoms with Crippen LogP contribution in [0.15, 0.2) is 60.7 Å². The van der Waals surface area contributed by atoms with Crippen molar-refractivity contribution in [1.82, 2.24) is 0 Å². The second-order valence-corrected chi connectivity index (χ2v) is 6.47. The summed E-state index contributed by atoms with van der Waals surface area (Å²) in [5.74, 6) is 2.20. The first-order valence-electron chi connectivity index (χ1n) is 8.74. The lowest BCUT2D eigenvalue weighted by molar-refractivity contribution is 0.332. The van der Waals surface area contributed by atoms with E-state index in [4.69, 9.17) is 4.74 Å². The highest BCUT2D eigenvalue weighted by molar-refractivity contribution is 5.51. The summed E-state index contributed by atoms with van der Waals surface area (Å²) < 4.78 is 5.31. The van der Waals surface area contributed by atoms with Gasteiger partial charge < -0.3 is 4.74 Å². The highest BCUT2D eigenvalue weighted by Gasteiger charge is 2.23. The van der Waals surface area contributed by atoms with Gasteiger partial charge in [0.05, 0.1) is 7.11 Å². The third-order valence-corrected chi connectivity index (χ3v) is 4.95. The Kier molecular flexibility index (Phi) is 5.52. The van der Waals surface area contributed by atoms with Crippen molar-refractivity contribution in [3.8, 4) is 5.75 Å². The van der Waals surface area contributed by atoms with E-state index >= 15 is 0 Å². The van der Waals surface area contributed by atoms with Gasteiger partial charge in [-0.2, -0.15) is 0 Å². The molecule has 0 N–H and O–H groups in total. The van der Waals surface area contributed by atoms with Crippen molar-refractivity contribution < 1.29 is 4.74 Å². The van der Waals surface area contributed by atoms with E-state index in [9.17, 15) is 0 Å². The van der Waals surface area contributed by atoms with Crippen LogP contribution in [0.2, 0.25) is 0 Å². The van der Waals surface area contributed by atoms with Crippen molar-refractivity contribution in [1.29, 1.82) is 0 Å². The SMILES string of the molecule is COc1ccc(C(/C=C/c2ccccc2)C2CCCCC2)cc1. The molecular weight excluding hydrogens is 280 g/mol. The van der Waals surface area contributed by atoms with Crippen LogP contribution in [0.3, 0.4) is 0 Å². The molecule has 0 heterocycles. The topological polar surface area (TPSA) is 9.23 Å². The Labute approximate surface area is 140 Å². The molecule has 0 bridgehead atoms. The maximum Gasteiger partial charge on any atom is 0.118 e. The van der Waals surface area contributed by atoms with Crippen LogP contribution in [0.1, 0.15) is 49.1 Å². The van der Waals surface area contributed by atoms with E-state index in [0.29, 0.717) is 5.92 Å². The highest BCUT2D eigenvalue weighted by atomic mass is 16.5. The standard InChI is InChI=1S/C22H26O/c1-23-21-15-13-20(14-16-21)22(19-10-6-3-7-11-19)17-12-18-8-4-2-5-9-18/h2,4-5,8-9,12-17,19,22H,3,6-7,10-11H2,1H3/b17-12+. The maximum atomic E-state index is 5.31. The molecule has 0 saturated heterocycles. The zero-order valence-corrected chi connectivity index (χ0v) is 13.9. The van der Waals surface area contributed by atoms with Crippen LogP contribution in [0.4, 0.5) is 0 Å². The zero-order valence-electron chi connectivity index (χ0n) is 13.9. The minimum atomic E-state index is 0.501. The molecular formula is C22H26O. The minimum Gasteiger partial charge on any atom is -0.497 e. The second-order valence-electron chi connectivity index (χ2n) is 6.47. The molecule has 0 radical (unpaired) electrons. The summed E-state index contributed by atoms with van der Waals surface area (Å²) in [6.45, 7) is 0. The molecule has 1 fully saturated rings. The predicted molar refractivity (Wildman–Crippen MR) is 97.8 cm³/mol. The van der Waals surface area contributed by atoms with Gasteiger partial charge in [-0.1, -0.05) is 73.9 Å². The highest BCUT2D eigenvalue weighted by Crippen LogP contribution is 2.37. The molecule has 2 aromatic carbocycles. The fourth-order valence-electron chi connectivity index (χ4n) is 3.64. The quantitative estimate of drug-likeness (QED) is 0.651. The first-order chi connectivity index (χ1) is 11.4. The van der Waals surface area contributed by atoms with Gasteiger partial charge in [0.1, 0.15) is 5.75 Å². The van der Waals surface area contributed by atoms with E-state index in [0.717, 1.165) is 11.7 Å². The number of allylic oxidation sites excluding steroid dienone is 1. The molecule has 1 atom stereocenters. The van der Waals surface area contributed by atoms with Crippen molar-refractivity contribution in [3.63, 3.8) is 0 Å². The lowest BCUT2D eigenvalue weighted by Crippen LogP contribution is -2.14. The van der Waals surface area contributed by atoms with Gasteiger partial charge in [-0.15, -0.1) is 0 Å². The van der Waals surface area contributed by atoms with Gasteiger partial charge in [-0.05, 0) is 42.0 Å². The van der Waals surface area contributed by atoms with Crippen molar-refractivity contribution >= 4 is 6.08 Å². The molecule has 1 heteroatoms. The van der Waals surface area contributed by atoms with Crippen molar-refractivity contribution in [2.24, 2.45) is 5.92 Å². The number of hydrogen-bond acceptors (Lipinski definition) is 1. The summed E-state index contributed by atoms with van der Waals surface area (Å²) in [5, 5.41) is 0. The predicted octanol–water partition coefficient (Wildman–Crippen LogP) is 6.07. The Hall–Kier alpha value is -2.02. The van der Waals surface area contributed by atoms with Crippen LogP contribution < -0.4 is 4.74 Å². The monoisotopic (exact) mass is 306 g/mol. The average molecular weight is 306 g/mol. The van der Waals surface area contributed by atoms with Crippen molar-refractivity contribution in [2.75, 3.05) is 7.11 Å². The van der Waals surface area contributed by atoms with E-state index in [1.807, 2.05) is 0 Å². The molecule has 1 saturated carbocycles. The van der Waals surface area contributed by atoms with E-state index in [1.54, 1.807) is 7.11 Å². The maximum absolute atomic E-state index is 5.31. The first-order valence-corrected chi connectivity index (χ1v) is 8.74. The van der Waals surface area contributed by atoms with Crippen LogP contribution in [-0.4, -0.2) is 7.11 Å². The lowest BCUT2D eigenvalue weighted by Gasteiger charge is -2.29. The number of benzene rings is 2. The van der Waals surface area contributed by atoms with Crippen molar-refractivity contribution in [3.05, 3.63) is 71.8 Å². The first kappa shape index (κ1) is 15.9. The van der Waals surface area contributed by atoms with Crippen LogP contribution in [0, 0.1) is 5.92 Å². The molecule has 23 heavy (non-hydrogen) atoms. The summed E-state index contributed by atoms with van der Waals surface area (Å²) in [4.78, 5) is 0. The van der Waals surface area contributed by atoms with Gasteiger partial charge >= 0.3 is 0 Å². The molecule has 0 aromatic heterocycles. The number of hydrogen-bond donors (Lipinski definition) is 0. The van der Waals surface area contributed by atoms with Crippen LogP contribution in [0.25, 0.3) is 6.08 Å². The number of methoxy groups -OCH3 is 1. The van der Waals surface area contributed by atoms with E-state index in [-0.39, 0.29) is 0 Å². The molecule has 0 amide bonds. The van der Waals surface area contributed by atoms with Crippen LogP contribution in [-0.2, 0) is 0 Å². The van der Waals surface area contributed by atoms with Crippen LogP contribution in [0.5, 0.6) is 5.75 Å². The zero-order chi connectivity index (χ0) is 15.9. The molecule has 1 nitrogen and oxygen atoms in total. The summed E-state index contributed by atoms with van der Waals surface area (Å²) in [6, 6.07) is 19.2. The van der Waals surface area contributed by atoms with Gasteiger partial charge in [-0.3, -0.25) is 0 Å². The number of ether oxygens (including phenoxy) is 1. The third kappa shape index (κ3) is 4.25. The Balaban J connectivity index is 1.84. The van der Waals surface area contributed by atoms with Gasteiger partial charge in [0, 0.05) is 5.92 Å². The van der Waals surface area contributed by atoms with Gasteiger partial charge in [0.2, 0.25) is 0 Å². The Morgan fingerprint density at radius 2 is 1.61 bits per heavy atom. The Morgan fingerprint density at radius 3 is 2.26 bits per heavy atom. The van der Waals surface area contributed by atoms with E-state index in [2.05, 4.69) is 66.7 Å². The molecule has 1 aliphatic rings. The summed E-state index contributed by atoms with van der Waals surface area (Å²) in [6.07, 6.45) is 11.5. The van der Waals surface area contributed by atoms with Gasteiger partial charge in [0.15, 0.2) is 0 Å². The molecule has 120 valence electrons. The minimum absolute atomic E-state index is 0.501. The van der Waals surface area contributed by atoms with E-state index < -0.39 is 0 Å². The third-order valence-electron chi connectivity index (χ3n) is 4.95. The molecule has 1 unspecified atom stereocenters. The fourth-order valence-corrected chi connectivity index (χ4v) is 3.64. The summed E-state index contributed by atoms with van der Waals surface area (Å²) in [5.41, 5.74) is 2.69. The lowest BCUT2D eigenvalue weighted by atomic mass is 9.76. The fraction of sp³-hybridized carbons (Fsp3) is 0.364. The van der Waals surface area contributed by atoms with Gasteiger partial charge in [-0.25, -0.2) is 0 Å². The Morgan fingerprint density at radius 1 is 0.913 bits per heavy atom. The number of rotatable bonds is 5. The normalized spacial score (nSPS) is 17.3. The second kappa shape index (κ2) is 8.01. The molecule has 2 aromatic rings. The summed E-state index contributed by atoms with van der Waals surface area (Å²) >= 11 is 0. The van der Waals surface area contributed by atoms with Gasteiger partial charge in [0.25, 0.3) is 0 Å². The average Bonchev–Trinajstić information content (AvgIpc) is 2.64. The Bertz CT molecular complexity index is 606. The smallest absolute Gasteiger partial charge is 0.118 e. The van der Waals surface area contributed by atoms with Crippen molar-refractivity contribution in [2.45, 2.75) is 38.0 Å². The largest absolute Gasteiger partial charge is 0.497 e. The van der Waals surface area contributed by atoms with E-state index in [1.165, 1.54) is 43.2 Å². The molecule has 0 aliphatic heterocycles. The summed E-state index contributed by atoms with van der Waals surface area (Å²) in [7, 11) is 1.73. The molecule has 1 aliphatic carbocycles. The molecule has 3 rings (SSSR count). The van der Waals surface area contributed by atoms with Crippen LogP contribution >= 0.6 is 0 Å². The molecule has 0 spiro atoms.